The molecule has 1 aromatic rings. The molecule has 0 saturated carbocycles. The summed E-state index contributed by atoms with van der Waals surface area (Å²) in [4.78, 5) is 23.4. The third-order valence-electron chi connectivity index (χ3n) is 2.61. The van der Waals surface area contributed by atoms with Gasteiger partial charge in [-0.05, 0) is 24.1 Å². The number of rotatable bonds is 2. The van der Waals surface area contributed by atoms with Gasteiger partial charge in [0.25, 0.3) is 5.79 Å². The smallest absolute Gasteiger partial charge is 0.323 e. The molecule has 1 fully saturated rings. The summed E-state index contributed by atoms with van der Waals surface area (Å²) in [5.41, 5.74) is 0.675. The molecule has 1 aromatic carbocycles. The van der Waals surface area contributed by atoms with Crippen molar-refractivity contribution in [2.24, 2.45) is 5.92 Å². The molecule has 0 radical (unpaired) electrons. The van der Waals surface area contributed by atoms with Gasteiger partial charge in [-0.15, -0.1) is 0 Å². The number of cyclic esters (lactones) is 2. The number of hydrogen-bond donors (Lipinski definition) is 1. The van der Waals surface area contributed by atoms with Crippen molar-refractivity contribution in [2.75, 3.05) is 0 Å². The SMILES string of the molecule is CC1(C)OC(=O)C(Cc2cccc(O)c2)C(=O)O1. The Bertz CT molecular complexity index is 472. The summed E-state index contributed by atoms with van der Waals surface area (Å²) >= 11 is 0. The Balaban J connectivity index is 2.15. The van der Waals surface area contributed by atoms with Crippen LogP contribution in [-0.4, -0.2) is 22.8 Å². The van der Waals surface area contributed by atoms with Gasteiger partial charge in [-0.1, -0.05) is 12.1 Å². The third kappa shape index (κ3) is 2.61. The lowest BCUT2D eigenvalue weighted by Gasteiger charge is -2.32. The molecule has 2 rings (SSSR count). The van der Waals surface area contributed by atoms with Crippen molar-refractivity contribution < 1.29 is 24.2 Å². The Morgan fingerprint density at radius 1 is 1.22 bits per heavy atom. The molecular weight excluding hydrogens is 236 g/mol. The lowest BCUT2D eigenvalue weighted by atomic mass is 9.98. The minimum Gasteiger partial charge on any atom is -0.508 e. The standard InChI is InChI=1S/C13H14O5/c1-13(2)17-11(15)10(12(16)18-13)7-8-4-3-5-9(14)6-8/h3-6,10,14H,7H2,1-2H3. The fourth-order valence-corrected chi connectivity index (χ4v) is 1.83. The molecule has 1 saturated heterocycles. The Labute approximate surface area is 104 Å². The highest BCUT2D eigenvalue weighted by molar-refractivity contribution is 5.96. The van der Waals surface area contributed by atoms with Crippen LogP contribution in [0.4, 0.5) is 0 Å². The number of ether oxygens (including phenoxy) is 2. The van der Waals surface area contributed by atoms with Gasteiger partial charge < -0.3 is 14.6 Å². The Kier molecular flexibility index (Phi) is 2.98. The number of carbonyl (C=O) groups is 2. The number of carbonyl (C=O) groups excluding carboxylic acids is 2. The van der Waals surface area contributed by atoms with Gasteiger partial charge in [0, 0.05) is 13.8 Å². The summed E-state index contributed by atoms with van der Waals surface area (Å²) in [5.74, 6) is -3.28. The number of benzene rings is 1. The van der Waals surface area contributed by atoms with Gasteiger partial charge in [-0.2, -0.15) is 0 Å². The summed E-state index contributed by atoms with van der Waals surface area (Å²) in [7, 11) is 0. The van der Waals surface area contributed by atoms with Gasteiger partial charge in [0.1, 0.15) is 5.75 Å². The zero-order chi connectivity index (χ0) is 13.3. The Morgan fingerprint density at radius 2 is 1.83 bits per heavy atom. The first-order chi connectivity index (χ1) is 8.37. The van der Waals surface area contributed by atoms with Gasteiger partial charge in [-0.3, -0.25) is 9.59 Å². The van der Waals surface area contributed by atoms with E-state index in [0.29, 0.717) is 5.56 Å². The molecule has 1 aliphatic rings. The van der Waals surface area contributed by atoms with Crippen LogP contribution in [-0.2, 0) is 25.5 Å². The van der Waals surface area contributed by atoms with E-state index in [9.17, 15) is 14.7 Å². The van der Waals surface area contributed by atoms with Crippen LogP contribution < -0.4 is 0 Å². The van der Waals surface area contributed by atoms with Crippen molar-refractivity contribution in [1.29, 1.82) is 0 Å². The number of hydrogen-bond acceptors (Lipinski definition) is 5. The predicted octanol–water partition coefficient (Wildman–Crippen LogP) is 1.39. The minimum atomic E-state index is -1.20. The summed E-state index contributed by atoms with van der Waals surface area (Å²) in [5, 5.41) is 9.33. The summed E-state index contributed by atoms with van der Waals surface area (Å²) in [6, 6.07) is 6.39. The van der Waals surface area contributed by atoms with E-state index in [1.807, 2.05) is 0 Å². The third-order valence-corrected chi connectivity index (χ3v) is 2.61. The minimum absolute atomic E-state index is 0.0883. The quantitative estimate of drug-likeness (QED) is 0.634. The maximum Gasteiger partial charge on any atom is 0.323 e. The molecule has 5 heteroatoms. The summed E-state index contributed by atoms with van der Waals surface area (Å²) < 4.78 is 10.0. The van der Waals surface area contributed by atoms with Crippen molar-refractivity contribution in [3.63, 3.8) is 0 Å². The fourth-order valence-electron chi connectivity index (χ4n) is 1.83. The van der Waals surface area contributed by atoms with Crippen molar-refractivity contribution in [1.82, 2.24) is 0 Å². The van der Waals surface area contributed by atoms with Crippen LogP contribution in [0.5, 0.6) is 5.75 Å². The van der Waals surface area contributed by atoms with E-state index in [0.717, 1.165) is 0 Å². The Hall–Kier alpha value is -2.04. The van der Waals surface area contributed by atoms with Crippen LogP contribution in [0.1, 0.15) is 19.4 Å². The molecule has 0 bridgehead atoms. The zero-order valence-electron chi connectivity index (χ0n) is 10.2. The first-order valence-electron chi connectivity index (χ1n) is 5.61. The molecule has 1 heterocycles. The fraction of sp³-hybridized carbons (Fsp3) is 0.385. The molecule has 5 nitrogen and oxygen atoms in total. The van der Waals surface area contributed by atoms with E-state index < -0.39 is 23.6 Å². The molecule has 96 valence electrons. The van der Waals surface area contributed by atoms with E-state index in [-0.39, 0.29) is 12.2 Å². The predicted molar refractivity (Wildman–Crippen MR) is 61.6 cm³/mol. The molecule has 1 aliphatic heterocycles. The first kappa shape index (κ1) is 12.4. The average Bonchev–Trinajstić information content (AvgIpc) is 2.22. The van der Waals surface area contributed by atoms with E-state index in [2.05, 4.69) is 0 Å². The molecule has 0 unspecified atom stereocenters. The second kappa shape index (κ2) is 4.33. The summed E-state index contributed by atoms with van der Waals surface area (Å²) in [6.07, 6.45) is 0.155. The zero-order valence-corrected chi connectivity index (χ0v) is 10.2. The summed E-state index contributed by atoms with van der Waals surface area (Å²) in [6.45, 7) is 3.01. The van der Waals surface area contributed by atoms with E-state index in [1.54, 1.807) is 12.1 Å². The van der Waals surface area contributed by atoms with Crippen molar-refractivity contribution in [3.8, 4) is 5.75 Å². The number of phenolic OH excluding ortho intramolecular Hbond substituents is 1. The first-order valence-corrected chi connectivity index (χ1v) is 5.61. The van der Waals surface area contributed by atoms with Gasteiger partial charge in [0.15, 0.2) is 5.92 Å². The number of esters is 2. The van der Waals surface area contributed by atoms with E-state index in [1.165, 1.54) is 26.0 Å². The van der Waals surface area contributed by atoms with Crippen molar-refractivity contribution in [3.05, 3.63) is 29.8 Å². The van der Waals surface area contributed by atoms with Crippen LogP contribution in [0, 0.1) is 5.92 Å². The highest BCUT2D eigenvalue weighted by Crippen LogP contribution is 2.26. The molecule has 18 heavy (non-hydrogen) atoms. The maximum absolute atomic E-state index is 11.7. The van der Waals surface area contributed by atoms with E-state index >= 15 is 0 Å². The van der Waals surface area contributed by atoms with Gasteiger partial charge in [-0.25, -0.2) is 0 Å². The van der Waals surface area contributed by atoms with Crippen LogP contribution in [0.25, 0.3) is 0 Å². The highest BCUT2D eigenvalue weighted by atomic mass is 16.7. The molecule has 1 N–H and O–H groups in total. The highest BCUT2D eigenvalue weighted by Gasteiger charge is 2.43. The normalized spacial score (nSPS) is 19.2. The van der Waals surface area contributed by atoms with Crippen LogP contribution in [0.3, 0.4) is 0 Å². The topological polar surface area (TPSA) is 72.8 Å². The van der Waals surface area contributed by atoms with Crippen LogP contribution >= 0.6 is 0 Å². The maximum atomic E-state index is 11.7. The largest absolute Gasteiger partial charge is 0.508 e. The van der Waals surface area contributed by atoms with Gasteiger partial charge in [0.05, 0.1) is 0 Å². The molecule has 0 aromatic heterocycles. The number of phenols is 1. The lowest BCUT2D eigenvalue weighted by Crippen LogP contribution is -2.46. The van der Waals surface area contributed by atoms with Crippen LogP contribution in [0.2, 0.25) is 0 Å². The lowest BCUT2D eigenvalue weighted by molar-refractivity contribution is -0.239. The van der Waals surface area contributed by atoms with E-state index in [4.69, 9.17) is 9.47 Å². The Morgan fingerprint density at radius 3 is 2.39 bits per heavy atom. The molecule has 0 atom stereocenters. The van der Waals surface area contributed by atoms with Crippen molar-refractivity contribution in [2.45, 2.75) is 26.1 Å². The monoisotopic (exact) mass is 250 g/mol. The van der Waals surface area contributed by atoms with Gasteiger partial charge in [0.2, 0.25) is 0 Å². The molecule has 0 amide bonds. The molecule has 0 aliphatic carbocycles. The second-order valence-electron chi connectivity index (χ2n) is 4.67. The average molecular weight is 250 g/mol. The van der Waals surface area contributed by atoms with Crippen LogP contribution in [0.15, 0.2) is 24.3 Å². The number of aromatic hydroxyl groups is 1. The van der Waals surface area contributed by atoms with Gasteiger partial charge >= 0.3 is 11.9 Å². The molecular formula is C13H14O5. The second-order valence-corrected chi connectivity index (χ2v) is 4.67. The molecule has 0 spiro atoms. The van der Waals surface area contributed by atoms with Crippen molar-refractivity contribution >= 4 is 11.9 Å².